The summed E-state index contributed by atoms with van der Waals surface area (Å²) in [7, 11) is 0. The largest absolute Gasteiger partial charge is 0.455 e. The number of halogens is 1. The molecule has 0 radical (unpaired) electrons. The number of hydrogen-bond donors (Lipinski definition) is 0. The highest BCUT2D eigenvalue weighted by atomic mass is 35.5. The maximum Gasteiger partial charge on any atom is 0.165 e. The predicted octanol–water partition coefficient (Wildman–Crippen LogP) is 12.6. The molecular formula is C43H24ClN3OS. The highest BCUT2D eigenvalue weighted by molar-refractivity contribution is 7.25. The molecular weight excluding hydrogens is 642 g/mol. The second-order valence-corrected chi connectivity index (χ2v) is 13.6. The van der Waals surface area contributed by atoms with Gasteiger partial charge in [0.25, 0.3) is 0 Å². The van der Waals surface area contributed by atoms with Crippen molar-refractivity contribution in [2.45, 2.75) is 0 Å². The lowest BCUT2D eigenvalue weighted by Crippen LogP contribution is -2.00. The molecule has 0 saturated heterocycles. The van der Waals surface area contributed by atoms with E-state index in [0.29, 0.717) is 22.5 Å². The fraction of sp³-hybridized carbons (Fsp3) is 0. The van der Waals surface area contributed by atoms with Crippen molar-refractivity contribution in [3.8, 4) is 45.3 Å². The molecule has 7 aromatic carbocycles. The molecule has 0 fully saturated rings. The first kappa shape index (κ1) is 28.2. The molecule has 49 heavy (non-hydrogen) atoms. The summed E-state index contributed by atoms with van der Waals surface area (Å²) in [6.45, 7) is 0. The van der Waals surface area contributed by atoms with Gasteiger partial charge in [0.15, 0.2) is 17.5 Å². The summed E-state index contributed by atoms with van der Waals surface area (Å²) < 4.78 is 8.85. The van der Waals surface area contributed by atoms with Crippen LogP contribution >= 0.6 is 22.9 Å². The second kappa shape index (κ2) is 11.1. The molecule has 10 aromatic rings. The third-order valence-electron chi connectivity index (χ3n) is 9.21. The molecule has 0 aliphatic carbocycles. The van der Waals surface area contributed by atoms with Crippen LogP contribution in [0.3, 0.4) is 0 Å². The second-order valence-electron chi connectivity index (χ2n) is 12.1. The Bertz CT molecular complexity index is 2910. The van der Waals surface area contributed by atoms with Gasteiger partial charge in [-0.15, -0.1) is 11.3 Å². The van der Waals surface area contributed by atoms with E-state index in [1.807, 2.05) is 54.6 Å². The van der Waals surface area contributed by atoms with Crippen molar-refractivity contribution in [3.05, 3.63) is 151 Å². The lowest BCUT2D eigenvalue weighted by Gasteiger charge is -2.11. The topological polar surface area (TPSA) is 51.8 Å². The molecule has 230 valence electrons. The van der Waals surface area contributed by atoms with Gasteiger partial charge in [0, 0.05) is 53.0 Å². The first-order chi connectivity index (χ1) is 24.2. The Morgan fingerprint density at radius 1 is 0.469 bits per heavy atom. The Hall–Kier alpha value is -5.88. The molecule has 0 spiro atoms. The molecule has 0 aliphatic rings. The van der Waals surface area contributed by atoms with Crippen LogP contribution in [-0.2, 0) is 0 Å². The zero-order valence-corrected chi connectivity index (χ0v) is 27.5. The third kappa shape index (κ3) is 4.62. The van der Waals surface area contributed by atoms with Gasteiger partial charge in [-0.3, -0.25) is 0 Å². The third-order valence-corrected chi connectivity index (χ3v) is 10.7. The van der Waals surface area contributed by atoms with Crippen molar-refractivity contribution in [1.82, 2.24) is 15.0 Å². The Balaban J connectivity index is 1.19. The molecule has 10 rings (SSSR count). The Kier molecular flexibility index (Phi) is 6.38. The van der Waals surface area contributed by atoms with Gasteiger partial charge in [-0.25, -0.2) is 15.0 Å². The van der Waals surface area contributed by atoms with E-state index in [9.17, 15) is 0 Å². The number of rotatable bonds is 4. The van der Waals surface area contributed by atoms with Crippen LogP contribution in [-0.4, -0.2) is 15.0 Å². The normalized spacial score (nSPS) is 11.8. The minimum atomic E-state index is 0.503. The van der Waals surface area contributed by atoms with Crippen LogP contribution in [0.1, 0.15) is 0 Å². The highest BCUT2D eigenvalue weighted by Crippen LogP contribution is 2.42. The fourth-order valence-electron chi connectivity index (χ4n) is 6.81. The van der Waals surface area contributed by atoms with E-state index < -0.39 is 0 Å². The zero-order chi connectivity index (χ0) is 32.5. The number of fused-ring (bicyclic) bond motifs is 8. The highest BCUT2D eigenvalue weighted by Gasteiger charge is 2.20. The Morgan fingerprint density at radius 3 is 2.02 bits per heavy atom. The number of benzene rings is 7. The molecule has 4 nitrogen and oxygen atoms in total. The van der Waals surface area contributed by atoms with Gasteiger partial charge in [-0.05, 0) is 52.9 Å². The minimum absolute atomic E-state index is 0.503. The lowest BCUT2D eigenvalue weighted by atomic mass is 10.0. The van der Waals surface area contributed by atoms with Gasteiger partial charge in [-0.1, -0.05) is 121 Å². The molecule has 6 heteroatoms. The standard InChI is InChI=1S/C43H24ClN3OS/c44-39-34(21-22-35-38(39)33-20-17-26-11-4-5-14-30(26)40(33)48-35)43-46-41(28-13-8-12-27(23-28)25-9-2-1-3-10-25)45-42(47-43)29-18-19-32-31-15-6-7-16-36(31)49-37(32)24-29/h1-24H. The molecule has 3 heterocycles. The molecule has 0 bridgehead atoms. The molecule has 0 N–H and O–H groups in total. The Labute approximate surface area is 289 Å². The van der Waals surface area contributed by atoms with E-state index in [1.54, 1.807) is 11.3 Å². The van der Waals surface area contributed by atoms with E-state index in [-0.39, 0.29) is 0 Å². The van der Waals surface area contributed by atoms with Crippen LogP contribution in [0.15, 0.2) is 150 Å². The lowest BCUT2D eigenvalue weighted by molar-refractivity contribution is 0.672. The first-order valence-corrected chi connectivity index (χ1v) is 17.2. The maximum absolute atomic E-state index is 7.31. The summed E-state index contributed by atoms with van der Waals surface area (Å²) >= 11 is 9.09. The molecule has 0 unspecified atom stereocenters. The van der Waals surface area contributed by atoms with Crippen LogP contribution < -0.4 is 0 Å². The quantitative estimate of drug-likeness (QED) is 0.188. The fourth-order valence-corrected chi connectivity index (χ4v) is 8.30. The number of hydrogen-bond acceptors (Lipinski definition) is 5. The summed E-state index contributed by atoms with van der Waals surface area (Å²) in [6, 6.07) is 50.0. The Morgan fingerprint density at radius 2 is 1.14 bits per heavy atom. The minimum Gasteiger partial charge on any atom is -0.455 e. The van der Waals surface area contributed by atoms with Crippen molar-refractivity contribution in [1.29, 1.82) is 0 Å². The van der Waals surface area contributed by atoms with E-state index in [4.69, 9.17) is 31.0 Å². The molecule has 0 aliphatic heterocycles. The van der Waals surface area contributed by atoms with E-state index in [2.05, 4.69) is 91.0 Å². The molecule has 0 amide bonds. The van der Waals surface area contributed by atoms with Crippen LogP contribution in [0.2, 0.25) is 5.02 Å². The van der Waals surface area contributed by atoms with Crippen molar-refractivity contribution in [3.63, 3.8) is 0 Å². The van der Waals surface area contributed by atoms with Crippen molar-refractivity contribution < 1.29 is 4.42 Å². The van der Waals surface area contributed by atoms with Gasteiger partial charge in [0.1, 0.15) is 11.2 Å². The number of aromatic nitrogens is 3. The summed E-state index contributed by atoms with van der Waals surface area (Å²) in [5.74, 6) is 1.67. The van der Waals surface area contributed by atoms with E-state index >= 15 is 0 Å². The first-order valence-electron chi connectivity index (χ1n) is 16.0. The summed E-state index contributed by atoms with van der Waals surface area (Å²) in [5.41, 5.74) is 6.29. The average molecular weight is 666 g/mol. The zero-order valence-electron chi connectivity index (χ0n) is 25.9. The number of nitrogens with zero attached hydrogens (tertiary/aromatic N) is 3. The monoisotopic (exact) mass is 665 g/mol. The van der Waals surface area contributed by atoms with Crippen LogP contribution in [0.4, 0.5) is 0 Å². The predicted molar refractivity (Wildman–Crippen MR) is 204 cm³/mol. The van der Waals surface area contributed by atoms with Crippen molar-refractivity contribution in [2.75, 3.05) is 0 Å². The van der Waals surface area contributed by atoms with Crippen LogP contribution in [0, 0.1) is 0 Å². The number of furan rings is 1. The summed E-state index contributed by atoms with van der Waals surface area (Å²) in [4.78, 5) is 15.3. The maximum atomic E-state index is 7.31. The van der Waals surface area contributed by atoms with Gasteiger partial charge >= 0.3 is 0 Å². The van der Waals surface area contributed by atoms with Gasteiger partial charge in [-0.2, -0.15) is 0 Å². The van der Waals surface area contributed by atoms with Crippen LogP contribution in [0.25, 0.3) is 98.2 Å². The van der Waals surface area contributed by atoms with Crippen LogP contribution in [0.5, 0.6) is 0 Å². The average Bonchev–Trinajstić information content (AvgIpc) is 3.74. The van der Waals surface area contributed by atoms with Gasteiger partial charge < -0.3 is 4.42 Å². The summed E-state index contributed by atoms with van der Waals surface area (Å²) in [5, 5.41) is 7.00. The van der Waals surface area contributed by atoms with Crippen molar-refractivity contribution >= 4 is 75.8 Å². The molecule has 3 aromatic heterocycles. The van der Waals surface area contributed by atoms with E-state index in [0.717, 1.165) is 60.5 Å². The molecule has 0 saturated carbocycles. The van der Waals surface area contributed by atoms with Gasteiger partial charge in [0.2, 0.25) is 0 Å². The molecule has 0 atom stereocenters. The smallest absolute Gasteiger partial charge is 0.165 e. The van der Waals surface area contributed by atoms with E-state index in [1.165, 1.54) is 20.2 Å². The number of thiophene rings is 1. The van der Waals surface area contributed by atoms with Crippen molar-refractivity contribution in [2.24, 2.45) is 0 Å². The SMILES string of the molecule is Clc1c(-c2nc(-c3cccc(-c4ccccc4)c3)nc(-c3ccc4c(c3)sc3ccccc34)n2)ccc2oc3c4ccccc4ccc3c12. The van der Waals surface area contributed by atoms with Gasteiger partial charge in [0.05, 0.1) is 5.02 Å². The summed E-state index contributed by atoms with van der Waals surface area (Å²) in [6.07, 6.45) is 0.